The molecule has 1 heterocycles. The molecule has 94 valence electrons. The Labute approximate surface area is 109 Å². The molecule has 0 saturated heterocycles. The Bertz CT molecular complexity index is 551. The third kappa shape index (κ3) is 2.48. The van der Waals surface area contributed by atoms with E-state index in [9.17, 15) is 4.79 Å². The van der Waals surface area contributed by atoms with Crippen LogP contribution in [0.3, 0.4) is 0 Å². The Hall–Kier alpha value is -1.95. The number of carbonyl (C=O) groups is 1. The quantitative estimate of drug-likeness (QED) is 0.906. The summed E-state index contributed by atoms with van der Waals surface area (Å²) in [5.41, 5.74) is 6.04. The molecule has 0 aliphatic carbocycles. The Morgan fingerprint density at radius 3 is 2.67 bits per heavy atom. The number of hydrogen-bond acceptors (Lipinski definition) is 4. The highest BCUT2D eigenvalue weighted by molar-refractivity contribution is 6.30. The predicted octanol–water partition coefficient (Wildman–Crippen LogP) is 1.43. The molecule has 0 fully saturated rings. The minimum absolute atomic E-state index is 0.436. The van der Waals surface area contributed by atoms with Gasteiger partial charge in [0.25, 0.3) is 0 Å². The van der Waals surface area contributed by atoms with Gasteiger partial charge in [0.15, 0.2) is 6.04 Å². The summed E-state index contributed by atoms with van der Waals surface area (Å²) in [6, 6.07) is 6.48. The summed E-state index contributed by atoms with van der Waals surface area (Å²) in [6.07, 6.45) is 0.520. The molecular weight excluding hydrogens is 254 g/mol. The Balaban J connectivity index is 2.30. The smallest absolute Gasteiger partial charge is 0.244 e. The van der Waals surface area contributed by atoms with Gasteiger partial charge >= 0.3 is 0 Å². The fourth-order valence-corrected chi connectivity index (χ4v) is 1.68. The monoisotopic (exact) mass is 265 g/mol. The van der Waals surface area contributed by atoms with E-state index in [1.165, 1.54) is 4.80 Å². The zero-order chi connectivity index (χ0) is 13.1. The molecule has 2 rings (SSSR count). The van der Waals surface area contributed by atoms with Crippen molar-refractivity contribution in [3.63, 3.8) is 0 Å². The van der Waals surface area contributed by atoms with E-state index in [0.717, 1.165) is 5.56 Å². The van der Waals surface area contributed by atoms with Crippen molar-refractivity contribution in [3.8, 4) is 11.4 Å². The first-order valence-electron chi connectivity index (χ1n) is 5.46. The van der Waals surface area contributed by atoms with Crippen molar-refractivity contribution in [2.24, 2.45) is 5.73 Å². The second kappa shape index (κ2) is 5.14. The molecule has 7 heteroatoms. The molecule has 0 aliphatic heterocycles. The van der Waals surface area contributed by atoms with E-state index in [1.807, 2.05) is 6.92 Å². The van der Waals surface area contributed by atoms with Gasteiger partial charge in [-0.1, -0.05) is 18.5 Å². The van der Waals surface area contributed by atoms with Gasteiger partial charge in [-0.25, -0.2) is 0 Å². The van der Waals surface area contributed by atoms with Crippen LogP contribution >= 0.6 is 11.6 Å². The predicted molar refractivity (Wildman–Crippen MR) is 66.8 cm³/mol. The average molecular weight is 266 g/mol. The van der Waals surface area contributed by atoms with Crippen molar-refractivity contribution in [2.75, 3.05) is 0 Å². The summed E-state index contributed by atoms with van der Waals surface area (Å²) in [4.78, 5) is 12.4. The van der Waals surface area contributed by atoms with E-state index in [1.54, 1.807) is 24.3 Å². The number of primary amides is 1. The molecule has 0 radical (unpaired) electrons. The largest absolute Gasteiger partial charge is 0.368 e. The zero-order valence-electron chi connectivity index (χ0n) is 9.75. The lowest BCUT2D eigenvalue weighted by Crippen LogP contribution is -2.27. The first-order valence-corrected chi connectivity index (χ1v) is 5.84. The standard InChI is InChI=1S/C11H12ClN5O/c1-2-9(10(13)18)17-15-11(14-16-17)7-3-5-8(12)6-4-7/h3-6,9H,2H2,1H3,(H2,13,18). The van der Waals surface area contributed by atoms with Crippen molar-refractivity contribution >= 4 is 17.5 Å². The van der Waals surface area contributed by atoms with Gasteiger partial charge in [-0.05, 0) is 35.9 Å². The summed E-state index contributed by atoms with van der Waals surface area (Å²) >= 11 is 5.80. The number of tetrazole rings is 1. The second-order valence-electron chi connectivity index (χ2n) is 3.77. The third-order valence-corrected chi connectivity index (χ3v) is 2.78. The van der Waals surface area contributed by atoms with E-state index in [0.29, 0.717) is 17.3 Å². The van der Waals surface area contributed by atoms with Crippen molar-refractivity contribution in [1.29, 1.82) is 0 Å². The molecule has 0 aliphatic rings. The number of halogens is 1. The highest BCUT2D eigenvalue weighted by Crippen LogP contribution is 2.18. The van der Waals surface area contributed by atoms with Crippen molar-refractivity contribution in [2.45, 2.75) is 19.4 Å². The van der Waals surface area contributed by atoms with Gasteiger partial charge in [-0.3, -0.25) is 4.79 Å². The van der Waals surface area contributed by atoms with Crippen LogP contribution in [0.25, 0.3) is 11.4 Å². The van der Waals surface area contributed by atoms with Gasteiger partial charge in [0.05, 0.1) is 0 Å². The SMILES string of the molecule is CCC(C(N)=O)n1nnc(-c2ccc(Cl)cc2)n1. The van der Waals surface area contributed by atoms with Crippen molar-refractivity contribution < 1.29 is 4.79 Å². The first-order chi connectivity index (χ1) is 8.61. The maximum atomic E-state index is 11.2. The lowest BCUT2D eigenvalue weighted by molar-refractivity contribution is -0.121. The maximum Gasteiger partial charge on any atom is 0.244 e. The lowest BCUT2D eigenvalue weighted by Gasteiger charge is -2.07. The van der Waals surface area contributed by atoms with E-state index in [-0.39, 0.29) is 0 Å². The number of nitrogens with zero attached hydrogens (tertiary/aromatic N) is 4. The van der Waals surface area contributed by atoms with Gasteiger partial charge in [-0.2, -0.15) is 4.80 Å². The molecule has 18 heavy (non-hydrogen) atoms. The normalized spacial score (nSPS) is 12.3. The molecule has 1 atom stereocenters. The van der Waals surface area contributed by atoms with Gasteiger partial charge in [0.1, 0.15) is 0 Å². The van der Waals surface area contributed by atoms with Crippen LogP contribution in [0, 0.1) is 0 Å². The maximum absolute atomic E-state index is 11.2. The summed E-state index contributed by atoms with van der Waals surface area (Å²) in [6.45, 7) is 1.83. The summed E-state index contributed by atoms with van der Waals surface area (Å²) < 4.78 is 0. The van der Waals surface area contributed by atoms with Gasteiger partial charge < -0.3 is 5.73 Å². The first kappa shape index (κ1) is 12.5. The van der Waals surface area contributed by atoms with Crippen molar-refractivity contribution in [1.82, 2.24) is 20.2 Å². The molecule has 2 aromatic rings. The molecule has 6 nitrogen and oxygen atoms in total. The number of benzene rings is 1. The second-order valence-corrected chi connectivity index (χ2v) is 4.20. The minimum Gasteiger partial charge on any atom is -0.368 e. The Kier molecular flexibility index (Phi) is 3.57. The van der Waals surface area contributed by atoms with Crippen molar-refractivity contribution in [3.05, 3.63) is 29.3 Å². The Morgan fingerprint density at radius 1 is 1.44 bits per heavy atom. The van der Waals surface area contributed by atoms with Gasteiger partial charge in [0, 0.05) is 10.6 Å². The topological polar surface area (TPSA) is 86.7 Å². The van der Waals surface area contributed by atoms with Crippen LogP contribution in [0.15, 0.2) is 24.3 Å². The third-order valence-electron chi connectivity index (χ3n) is 2.52. The molecule has 0 saturated carbocycles. The van der Waals surface area contributed by atoms with Gasteiger partial charge in [0.2, 0.25) is 11.7 Å². The van der Waals surface area contributed by atoms with Crippen LogP contribution in [0.1, 0.15) is 19.4 Å². The number of carbonyl (C=O) groups excluding carboxylic acids is 1. The van der Waals surface area contributed by atoms with E-state index in [2.05, 4.69) is 15.4 Å². The van der Waals surface area contributed by atoms with Gasteiger partial charge in [-0.15, -0.1) is 10.2 Å². The molecule has 1 aromatic carbocycles. The molecular formula is C11H12ClN5O. The fraction of sp³-hybridized carbons (Fsp3) is 0.273. The number of hydrogen-bond donors (Lipinski definition) is 1. The summed E-state index contributed by atoms with van der Waals surface area (Å²) in [5, 5.41) is 12.5. The Morgan fingerprint density at radius 2 is 2.11 bits per heavy atom. The number of amides is 1. The molecule has 1 amide bonds. The van der Waals surface area contributed by atoms with Crippen LogP contribution in [0.4, 0.5) is 0 Å². The number of nitrogens with two attached hydrogens (primary N) is 1. The van der Waals surface area contributed by atoms with Crippen LogP contribution in [-0.2, 0) is 4.79 Å². The molecule has 0 spiro atoms. The van der Waals surface area contributed by atoms with Crippen LogP contribution in [0.5, 0.6) is 0 Å². The van der Waals surface area contributed by atoms with E-state index in [4.69, 9.17) is 17.3 Å². The highest BCUT2D eigenvalue weighted by Gasteiger charge is 2.18. The molecule has 1 unspecified atom stereocenters. The summed E-state index contributed by atoms with van der Waals surface area (Å²) in [7, 11) is 0. The molecule has 0 bridgehead atoms. The summed E-state index contributed by atoms with van der Waals surface area (Å²) in [5.74, 6) is -0.0380. The van der Waals surface area contributed by atoms with Crippen LogP contribution in [-0.4, -0.2) is 26.1 Å². The minimum atomic E-state index is -0.571. The molecule has 1 aromatic heterocycles. The fourth-order valence-electron chi connectivity index (χ4n) is 1.55. The number of aromatic nitrogens is 4. The zero-order valence-corrected chi connectivity index (χ0v) is 10.5. The van der Waals surface area contributed by atoms with E-state index < -0.39 is 11.9 Å². The van der Waals surface area contributed by atoms with E-state index >= 15 is 0 Å². The number of rotatable bonds is 4. The molecule has 2 N–H and O–H groups in total. The lowest BCUT2D eigenvalue weighted by atomic mass is 10.2. The highest BCUT2D eigenvalue weighted by atomic mass is 35.5. The van der Waals surface area contributed by atoms with Crippen LogP contribution in [0.2, 0.25) is 5.02 Å². The van der Waals surface area contributed by atoms with Crippen LogP contribution < -0.4 is 5.73 Å². The average Bonchev–Trinajstić information content (AvgIpc) is 2.80.